The standard InChI is InChI=1S/C20H27NO5/c1-15-9-8-13-20(2,3)16(15)12-14-21(19(24)26-5)17(22)10-6-7-11-18(23)25-4/h6-7,10-12,14H,8-9,13H2,1-5H3/b10-6+,11-7+,14-12+. The Bertz CT molecular complexity index is 668. The molecule has 0 saturated heterocycles. The van der Waals surface area contributed by atoms with Crippen molar-refractivity contribution in [1.29, 1.82) is 0 Å². The van der Waals surface area contributed by atoms with Crippen LogP contribution in [0.15, 0.2) is 47.7 Å². The van der Waals surface area contributed by atoms with E-state index in [1.165, 1.54) is 50.3 Å². The summed E-state index contributed by atoms with van der Waals surface area (Å²) < 4.78 is 9.14. The first-order chi connectivity index (χ1) is 12.2. The van der Waals surface area contributed by atoms with E-state index >= 15 is 0 Å². The molecule has 0 unspecified atom stereocenters. The fourth-order valence-electron chi connectivity index (χ4n) is 2.90. The lowest BCUT2D eigenvalue weighted by Gasteiger charge is -2.33. The van der Waals surface area contributed by atoms with Crippen molar-refractivity contribution in [2.45, 2.75) is 40.0 Å². The highest BCUT2D eigenvalue weighted by Gasteiger charge is 2.27. The predicted molar refractivity (Wildman–Crippen MR) is 99.0 cm³/mol. The van der Waals surface area contributed by atoms with Crippen molar-refractivity contribution in [2.75, 3.05) is 14.2 Å². The lowest BCUT2D eigenvalue weighted by atomic mass is 9.73. The molecule has 1 aliphatic rings. The van der Waals surface area contributed by atoms with E-state index < -0.39 is 18.0 Å². The zero-order chi connectivity index (χ0) is 19.7. The fourth-order valence-corrected chi connectivity index (χ4v) is 2.90. The average molecular weight is 361 g/mol. The minimum Gasteiger partial charge on any atom is -0.466 e. The maximum absolute atomic E-state index is 12.3. The smallest absolute Gasteiger partial charge is 0.420 e. The van der Waals surface area contributed by atoms with Crippen LogP contribution in [0.25, 0.3) is 0 Å². The molecule has 2 amide bonds. The van der Waals surface area contributed by atoms with Crippen molar-refractivity contribution in [3.8, 4) is 0 Å². The van der Waals surface area contributed by atoms with Crippen LogP contribution in [-0.4, -0.2) is 37.1 Å². The number of hydrogen-bond acceptors (Lipinski definition) is 5. The second-order valence-electron chi connectivity index (χ2n) is 6.67. The van der Waals surface area contributed by atoms with Gasteiger partial charge in [0.25, 0.3) is 5.91 Å². The van der Waals surface area contributed by atoms with Crippen LogP contribution in [0, 0.1) is 5.41 Å². The van der Waals surface area contributed by atoms with Gasteiger partial charge in [-0.1, -0.05) is 31.6 Å². The van der Waals surface area contributed by atoms with Crippen LogP contribution in [-0.2, 0) is 19.1 Å². The van der Waals surface area contributed by atoms with E-state index in [0.717, 1.165) is 29.7 Å². The van der Waals surface area contributed by atoms with Gasteiger partial charge in [0.05, 0.1) is 14.2 Å². The number of nitrogens with zero attached hydrogens (tertiary/aromatic N) is 1. The van der Waals surface area contributed by atoms with Gasteiger partial charge in [-0.3, -0.25) is 4.79 Å². The van der Waals surface area contributed by atoms with Crippen LogP contribution in [0.2, 0.25) is 0 Å². The molecule has 0 aromatic carbocycles. The molecule has 0 radical (unpaired) electrons. The van der Waals surface area contributed by atoms with Crippen LogP contribution >= 0.6 is 0 Å². The number of amides is 2. The van der Waals surface area contributed by atoms with Gasteiger partial charge in [-0.15, -0.1) is 0 Å². The SMILES string of the molecule is COC(=O)/C=C/C=C/C(=O)N(/C=C/C1=C(C)CCCC1(C)C)C(=O)OC. The number of hydrogen-bond donors (Lipinski definition) is 0. The van der Waals surface area contributed by atoms with Gasteiger partial charge < -0.3 is 9.47 Å². The molecule has 0 aromatic rings. The van der Waals surface area contributed by atoms with Crippen molar-refractivity contribution in [2.24, 2.45) is 5.41 Å². The van der Waals surface area contributed by atoms with E-state index in [-0.39, 0.29) is 5.41 Å². The molecule has 0 N–H and O–H groups in total. The van der Waals surface area contributed by atoms with Gasteiger partial charge in [0.2, 0.25) is 0 Å². The van der Waals surface area contributed by atoms with Gasteiger partial charge in [-0.2, -0.15) is 0 Å². The summed E-state index contributed by atoms with van der Waals surface area (Å²) in [5.41, 5.74) is 2.37. The number of imide groups is 1. The molecule has 1 aliphatic carbocycles. The number of rotatable bonds is 5. The van der Waals surface area contributed by atoms with E-state index in [1.807, 2.05) is 0 Å². The maximum atomic E-state index is 12.3. The minimum absolute atomic E-state index is 0.0111. The van der Waals surface area contributed by atoms with Gasteiger partial charge in [0.1, 0.15) is 0 Å². The summed E-state index contributed by atoms with van der Waals surface area (Å²) in [5.74, 6) is -1.11. The van der Waals surface area contributed by atoms with Crippen molar-refractivity contribution < 1.29 is 23.9 Å². The lowest BCUT2D eigenvalue weighted by molar-refractivity contribution is -0.134. The molecule has 0 fully saturated rings. The Morgan fingerprint density at radius 3 is 2.31 bits per heavy atom. The Morgan fingerprint density at radius 1 is 1.08 bits per heavy atom. The molecule has 0 spiro atoms. The van der Waals surface area contributed by atoms with E-state index in [9.17, 15) is 14.4 Å². The largest absolute Gasteiger partial charge is 0.466 e. The number of carbonyl (C=O) groups excluding carboxylic acids is 3. The first kappa shape index (κ1) is 21.4. The van der Waals surface area contributed by atoms with Crippen molar-refractivity contribution in [1.82, 2.24) is 4.90 Å². The molecular formula is C20H27NO5. The van der Waals surface area contributed by atoms with Gasteiger partial charge >= 0.3 is 12.1 Å². The minimum atomic E-state index is -0.778. The third-order valence-electron chi connectivity index (χ3n) is 4.32. The Hall–Kier alpha value is -2.63. The first-order valence-corrected chi connectivity index (χ1v) is 8.45. The summed E-state index contributed by atoms with van der Waals surface area (Å²) in [6.45, 7) is 6.37. The number of methoxy groups -OCH3 is 2. The molecule has 26 heavy (non-hydrogen) atoms. The molecular weight excluding hydrogens is 334 g/mol. The molecule has 0 bridgehead atoms. The molecule has 6 heteroatoms. The van der Waals surface area contributed by atoms with Crippen LogP contribution in [0.1, 0.15) is 40.0 Å². The molecule has 0 atom stereocenters. The maximum Gasteiger partial charge on any atom is 0.420 e. The summed E-state index contributed by atoms with van der Waals surface area (Å²) >= 11 is 0. The van der Waals surface area contributed by atoms with Gasteiger partial charge in [-0.05, 0) is 43.3 Å². The van der Waals surface area contributed by atoms with Gasteiger partial charge in [0, 0.05) is 18.4 Å². The monoisotopic (exact) mass is 361 g/mol. The summed E-state index contributed by atoms with van der Waals surface area (Å²) in [7, 11) is 2.47. The van der Waals surface area contributed by atoms with E-state index in [2.05, 4.69) is 30.2 Å². The lowest BCUT2D eigenvalue weighted by Crippen LogP contribution is -2.31. The molecule has 0 aliphatic heterocycles. The van der Waals surface area contributed by atoms with Gasteiger partial charge in [0.15, 0.2) is 0 Å². The first-order valence-electron chi connectivity index (χ1n) is 8.45. The quantitative estimate of drug-likeness (QED) is 0.422. The second kappa shape index (κ2) is 9.75. The zero-order valence-electron chi connectivity index (χ0n) is 16.1. The summed E-state index contributed by atoms with van der Waals surface area (Å²) in [5, 5.41) is 0. The Kier molecular flexibility index (Phi) is 8.03. The summed E-state index contributed by atoms with van der Waals surface area (Å²) in [6, 6.07) is 0. The van der Waals surface area contributed by atoms with Gasteiger partial charge in [-0.25, -0.2) is 14.5 Å². The number of carbonyl (C=O) groups is 3. The Balaban J connectivity index is 2.99. The van der Waals surface area contributed by atoms with Crippen molar-refractivity contribution in [3.63, 3.8) is 0 Å². The normalized spacial score (nSPS) is 17.1. The van der Waals surface area contributed by atoms with Crippen LogP contribution in [0.4, 0.5) is 4.79 Å². The van der Waals surface area contributed by atoms with E-state index in [1.54, 1.807) is 6.08 Å². The Labute approximate surface area is 154 Å². The molecule has 6 nitrogen and oxygen atoms in total. The fraction of sp³-hybridized carbons (Fsp3) is 0.450. The average Bonchev–Trinajstić information content (AvgIpc) is 2.59. The van der Waals surface area contributed by atoms with E-state index in [4.69, 9.17) is 0 Å². The third-order valence-corrected chi connectivity index (χ3v) is 4.32. The zero-order valence-corrected chi connectivity index (χ0v) is 16.1. The topological polar surface area (TPSA) is 72.9 Å². The third kappa shape index (κ3) is 6.02. The summed E-state index contributed by atoms with van der Waals surface area (Å²) in [4.78, 5) is 36.1. The number of ether oxygens (including phenoxy) is 2. The van der Waals surface area contributed by atoms with Crippen LogP contribution in [0.3, 0.4) is 0 Å². The predicted octanol–water partition coefficient (Wildman–Crippen LogP) is 3.91. The number of allylic oxidation sites excluding steroid dienone is 5. The highest BCUT2D eigenvalue weighted by molar-refractivity contribution is 5.99. The molecule has 142 valence electrons. The van der Waals surface area contributed by atoms with Crippen LogP contribution in [0.5, 0.6) is 0 Å². The second-order valence-corrected chi connectivity index (χ2v) is 6.67. The molecule has 1 rings (SSSR count). The molecule has 0 saturated carbocycles. The van der Waals surface area contributed by atoms with Crippen LogP contribution < -0.4 is 0 Å². The van der Waals surface area contributed by atoms with E-state index in [0.29, 0.717) is 0 Å². The van der Waals surface area contributed by atoms with Crippen molar-refractivity contribution >= 4 is 18.0 Å². The highest BCUT2D eigenvalue weighted by Crippen LogP contribution is 2.40. The highest BCUT2D eigenvalue weighted by atomic mass is 16.5. The summed E-state index contributed by atoms with van der Waals surface area (Å²) in [6.07, 6.45) is 10.7. The van der Waals surface area contributed by atoms with Crippen molar-refractivity contribution in [3.05, 3.63) is 47.7 Å². The Morgan fingerprint density at radius 2 is 1.73 bits per heavy atom. The molecule has 0 aromatic heterocycles. The molecule has 0 heterocycles. The number of esters is 1.